The number of hydrogen-bond acceptors (Lipinski definition) is 21. The summed E-state index contributed by atoms with van der Waals surface area (Å²) in [6, 6.07) is 7.76. The Morgan fingerprint density at radius 1 is 0.607 bits per heavy atom. The van der Waals surface area contributed by atoms with Crippen LogP contribution in [0.15, 0.2) is 69.9 Å². The molecule has 8 amide bonds. The average molecular weight is 1480 g/mol. The Kier molecular flexibility index (Phi) is 26.3. The van der Waals surface area contributed by atoms with E-state index in [-0.39, 0.29) is 50.8 Å². The van der Waals surface area contributed by atoms with Gasteiger partial charge in [-0.3, -0.25) is 57.5 Å². The van der Waals surface area contributed by atoms with Gasteiger partial charge in [-0.05, 0) is 101 Å². The Bertz CT molecular complexity index is 4320. The highest BCUT2D eigenvalue weighted by Gasteiger charge is 2.48. The lowest BCUT2D eigenvalue weighted by molar-refractivity contribution is -0.163. The van der Waals surface area contributed by atoms with Crippen LogP contribution in [0.5, 0.6) is 11.5 Å². The number of amides is 8. The van der Waals surface area contributed by atoms with Crippen molar-refractivity contribution in [1.82, 2.24) is 45.9 Å². The van der Waals surface area contributed by atoms with Crippen molar-refractivity contribution in [2.24, 2.45) is 47.3 Å². The molecule has 2 saturated heterocycles. The number of aromatic hydroxyl groups is 1. The van der Waals surface area contributed by atoms with E-state index < -0.39 is 196 Å². The predicted octanol–water partition coefficient (Wildman–Crippen LogP) is 5.35. The second kappa shape index (κ2) is 34.3. The van der Waals surface area contributed by atoms with Crippen LogP contribution < -0.4 is 37.2 Å². The third kappa shape index (κ3) is 17.6. The van der Waals surface area contributed by atoms with Gasteiger partial charge in [-0.25, -0.2) is 14.6 Å². The Morgan fingerprint density at radius 2 is 1.06 bits per heavy atom. The number of esters is 2. The minimum atomic E-state index is -1.86. The number of cyclic esters (lactones) is 2. The number of likely N-dealkylation sites (N-methyl/N-ethyl adjacent to an activating group) is 4. The number of nitrogens with two attached hydrogens (primary N) is 1. The van der Waals surface area contributed by atoms with Crippen LogP contribution in [-0.2, 0) is 57.4 Å². The van der Waals surface area contributed by atoms with Crippen LogP contribution in [0.3, 0.4) is 0 Å². The number of phenols is 1. The summed E-state index contributed by atoms with van der Waals surface area (Å²) in [5, 5.41) is 20.6. The second-order valence-electron chi connectivity index (χ2n) is 29.8. The number of nitrogens with zero attached hydrogens (tertiary/aromatic N) is 5. The molecule has 3 aliphatic heterocycles. The normalized spacial score (nSPS) is 25.0. The van der Waals surface area contributed by atoms with Gasteiger partial charge in [0.2, 0.25) is 40.9 Å². The summed E-state index contributed by atoms with van der Waals surface area (Å²) in [5.74, 6) is -14.6. The fourth-order valence-electron chi connectivity index (χ4n) is 14.7. The Hall–Kier alpha value is -10.6. The fourth-order valence-corrected chi connectivity index (χ4v) is 14.7. The number of carbonyl (C=O) groups is 13. The molecule has 0 bridgehead atoms. The molecular formula is C78H100N10O19. The number of phenolic OH excluding ortho intramolecular Hbond substituents is 1. The number of fused-ring (bicyclic) bond motifs is 4. The summed E-state index contributed by atoms with van der Waals surface area (Å²) in [5.41, 5.74) is 4.49. The molecule has 3 heterocycles. The molecule has 3 aromatic carbocycles. The lowest BCUT2D eigenvalue weighted by Crippen LogP contribution is -2.59. The molecule has 0 spiro atoms. The number of carbonyl (C=O) groups excluding carboxylic acids is 13. The van der Waals surface area contributed by atoms with E-state index >= 15 is 9.59 Å². The third-order valence-electron chi connectivity index (χ3n) is 20.8. The van der Waals surface area contributed by atoms with Crippen LogP contribution in [-0.4, -0.2) is 203 Å². The smallest absolute Gasteiger partial charge is 0.329 e. The number of Topliss-reactive ketones (excluding diaryl/α,β-unsaturated/α-hetero) is 2. The van der Waals surface area contributed by atoms with E-state index in [1.165, 1.54) is 84.1 Å². The lowest BCUT2D eigenvalue weighted by atomic mass is 9.83. The van der Waals surface area contributed by atoms with Crippen molar-refractivity contribution in [1.29, 1.82) is 0 Å². The quantitative estimate of drug-likeness (QED) is 0.0420. The lowest BCUT2D eigenvalue weighted by Gasteiger charge is -2.35. The first-order chi connectivity index (χ1) is 50.3. The first-order valence-corrected chi connectivity index (χ1v) is 36.2. The summed E-state index contributed by atoms with van der Waals surface area (Å²) >= 11 is 0. The van der Waals surface area contributed by atoms with Crippen molar-refractivity contribution in [3.05, 3.63) is 104 Å². The highest BCUT2D eigenvalue weighted by atomic mass is 16.6. The first-order valence-electron chi connectivity index (χ1n) is 36.2. The van der Waals surface area contributed by atoms with Gasteiger partial charge in [-0.1, -0.05) is 105 Å². The third-order valence-corrected chi connectivity index (χ3v) is 20.8. The largest absolute Gasteiger partial charge is 0.507 e. The molecule has 0 aromatic heterocycles. The van der Waals surface area contributed by atoms with Gasteiger partial charge in [-0.15, -0.1) is 0 Å². The van der Waals surface area contributed by atoms with Crippen molar-refractivity contribution < 1.29 is 86.1 Å². The maximum absolute atomic E-state index is 15.2. The number of ether oxygens (including phenoxy) is 3. The Labute approximate surface area is 621 Å². The molecule has 6 aliphatic rings. The predicted molar refractivity (Wildman–Crippen MR) is 392 cm³/mol. The number of ketones is 3. The molecule has 12 unspecified atom stereocenters. The molecule has 29 nitrogen and oxygen atoms in total. The van der Waals surface area contributed by atoms with Gasteiger partial charge in [0.1, 0.15) is 59.1 Å². The van der Waals surface area contributed by atoms with Crippen LogP contribution in [0.4, 0.5) is 5.69 Å². The van der Waals surface area contributed by atoms with Gasteiger partial charge in [0, 0.05) is 69.1 Å². The van der Waals surface area contributed by atoms with Gasteiger partial charge in [0.25, 0.3) is 11.8 Å². The standard InChI is InChI=1S/C64H88N10O16.C14H12O3/c1-27(2)44-53(78)35-19-17-21-37(35)61(84)71(13)25-40(75)73(15)50(29(5)6)63(86)88-33(11)46(59(82)67-44)69-57(80)39-24-23-31(9)55-48(39)66-49-42(43(65)52(77)32(10)56(49)90-55)58(81)70-47-34(12)89-64(87)51(30(7)8)74(16)41(76)26-72(14)62(85)38-22-18-20-36(38)54(79)45(28(3)4)68-60(47)83;1-17-11-7-8-12(13(15)9-11)14(16)10-5-3-2-4-6-10/h23-24,27-30,33-38,44-47,50-51H,17-22,25-26,65H2,1-16H3,(H,67,82)(H,68,83)(H,69,80)(H,70,81);2-9,15H,1H3. The molecule has 2 saturated carbocycles. The summed E-state index contributed by atoms with van der Waals surface area (Å²) in [6.45, 7) is 18.3. The van der Waals surface area contributed by atoms with Gasteiger partial charge >= 0.3 is 11.9 Å². The number of nitrogens with one attached hydrogen (secondary N) is 4. The maximum Gasteiger partial charge on any atom is 0.329 e. The van der Waals surface area contributed by atoms with Crippen molar-refractivity contribution in [2.45, 2.75) is 170 Å². The van der Waals surface area contributed by atoms with E-state index in [0.717, 1.165) is 9.80 Å². The minimum Gasteiger partial charge on any atom is -0.507 e. The van der Waals surface area contributed by atoms with Gasteiger partial charge < -0.3 is 70.3 Å². The molecule has 107 heavy (non-hydrogen) atoms. The summed E-state index contributed by atoms with van der Waals surface area (Å²) in [4.78, 5) is 209. The number of hydrogen-bond donors (Lipinski definition) is 6. The van der Waals surface area contributed by atoms with E-state index in [2.05, 4.69) is 21.3 Å². The Morgan fingerprint density at radius 3 is 1.50 bits per heavy atom. The summed E-state index contributed by atoms with van der Waals surface area (Å²) < 4.78 is 23.3. The van der Waals surface area contributed by atoms with Crippen molar-refractivity contribution in [2.75, 3.05) is 54.1 Å². The van der Waals surface area contributed by atoms with Crippen LogP contribution in [0, 0.1) is 61.2 Å². The van der Waals surface area contributed by atoms with Crippen LogP contribution in [0.2, 0.25) is 0 Å². The molecule has 9 rings (SSSR count). The van der Waals surface area contributed by atoms with E-state index in [1.54, 1.807) is 98.7 Å². The van der Waals surface area contributed by atoms with Crippen molar-refractivity contribution >= 4 is 93.3 Å². The number of anilines is 1. The average Bonchev–Trinajstić information content (AvgIpc) is 0.809. The molecule has 3 aliphatic carbocycles. The van der Waals surface area contributed by atoms with Crippen molar-refractivity contribution in [3.8, 4) is 23.0 Å². The van der Waals surface area contributed by atoms with Crippen LogP contribution in [0.1, 0.15) is 156 Å². The minimum absolute atomic E-state index is 0.0668. The zero-order valence-corrected chi connectivity index (χ0v) is 63.8. The van der Waals surface area contributed by atoms with Gasteiger partial charge in [-0.2, -0.15) is 0 Å². The summed E-state index contributed by atoms with van der Waals surface area (Å²) in [6.07, 6.45) is -0.654. The number of aryl methyl sites for hydroxylation is 1. The molecule has 0 radical (unpaired) electrons. The van der Waals surface area contributed by atoms with Crippen LogP contribution in [0.25, 0.3) is 22.6 Å². The molecule has 7 N–H and O–H groups in total. The topological polar surface area (TPSA) is 400 Å². The number of benzene rings is 4. The number of rotatable bonds is 11. The molecular weight excluding hydrogens is 1380 g/mol. The van der Waals surface area contributed by atoms with Gasteiger partial charge in [0.05, 0.1) is 54.7 Å². The molecule has 4 fully saturated rings. The zero-order valence-electron chi connectivity index (χ0n) is 63.8. The molecule has 576 valence electrons. The number of aromatic nitrogens is 1. The number of methoxy groups -OCH3 is 1. The second-order valence-corrected chi connectivity index (χ2v) is 29.8. The SMILES string of the molecule is COc1ccc(C(=O)c2ccccc2)c(O)c1.Cc1c2oc3c(C)ccc(C(=O)NC4C(=O)NC(C(C)C)C(=O)C5CCCC5C(=O)N(C)CC(=O)N(C)C(C(C)C)C(=O)OC4C)c3nc-2c(C(=O)NC2C(=O)NC(C(C)C)C(=O)C3CCCC3C(=O)N(C)CC(=O)N(C)C(C(C)C)C(=O)OC2C)c(N)c1=O. The number of nitrogen functional groups attached to an aromatic ring is 1. The van der Waals surface area contributed by atoms with E-state index in [4.69, 9.17) is 29.3 Å². The highest BCUT2D eigenvalue weighted by molar-refractivity contribution is 6.12. The van der Waals surface area contributed by atoms with Gasteiger partial charge in [0.15, 0.2) is 28.7 Å². The fraction of sp³-hybridized carbons (Fsp3) is 0.526. The highest BCUT2D eigenvalue weighted by Crippen LogP contribution is 2.39. The monoisotopic (exact) mass is 1480 g/mol. The van der Waals surface area contributed by atoms with E-state index in [0.29, 0.717) is 55.4 Å². The summed E-state index contributed by atoms with van der Waals surface area (Å²) in [7, 11) is 7.17. The van der Waals surface area contributed by atoms with E-state index in [9.17, 15) is 62.6 Å². The Balaban J connectivity index is 0.000000741. The molecule has 29 heteroatoms. The van der Waals surface area contributed by atoms with E-state index in [1.807, 2.05) is 6.07 Å². The first kappa shape index (κ1) is 82.1. The van der Waals surface area contributed by atoms with Crippen molar-refractivity contribution in [3.63, 3.8) is 0 Å². The zero-order chi connectivity index (χ0) is 79.2. The molecule has 12 atom stereocenters. The van der Waals surface area contributed by atoms with Crippen LogP contribution >= 0.6 is 0 Å². The molecule has 3 aromatic rings. The maximum atomic E-state index is 15.2.